The van der Waals surface area contributed by atoms with Crippen LogP contribution in [0.1, 0.15) is 15.4 Å². The van der Waals surface area contributed by atoms with Gasteiger partial charge in [0.15, 0.2) is 12.4 Å². The maximum Gasteiger partial charge on any atom is 0.363 e. The molecule has 3 rings (SSSR count). The first kappa shape index (κ1) is 20.3. The van der Waals surface area contributed by atoms with Crippen molar-refractivity contribution in [2.75, 3.05) is 20.3 Å². The molecular weight excluding hydrogens is 390 g/mol. The highest BCUT2D eigenvalue weighted by atomic mass is 32.1. The number of hydrogen-bond acceptors (Lipinski definition) is 6. The van der Waals surface area contributed by atoms with Crippen LogP contribution in [0.3, 0.4) is 0 Å². The fraction of sp³-hybridized carbons (Fsp3) is 0.190. The van der Waals surface area contributed by atoms with Gasteiger partial charge < -0.3 is 14.4 Å². The number of benzene rings is 1. The lowest BCUT2D eigenvalue weighted by Crippen LogP contribution is -2.34. The van der Waals surface area contributed by atoms with Crippen molar-refractivity contribution in [2.24, 2.45) is 0 Å². The van der Waals surface area contributed by atoms with Gasteiger partial charge in [-0.3, -0.25) is 4.79 Å². The van der Waals surface area contributed by atoms with Gasteiger partial charge in [-0.1, -0.05) is 30.3 Å². The second-order valence-corrected chi connectivity index (χ2v) is 7.08. The number of para-hydroxylation sites is 1. The summed E-state index contributed by atoms with van der Waals surface area (Å²) in [5.74, 6) is -0.763. The topological polar surface area (TPSA) is 73.7 Å². The van der Waals surface area contributed by atoms with Gasteiger partial charge in [-0.25, -0.2) is 9.48 Å². The Morgan fingerprint density at radius 2 is 2.03 bits per heavy atom. The number of carbonyl (C=O) groups excluding carboxylic acids is 2. The minimum absolute atomic E-state index is 0.0117. The lowest BCUT2D eigenvalue weighted by Gasteiger charge is -2.20. The van der Waals surface area contributed by atoms with E-state index in [0.717, 1.165) is 10.6 Å². The van der Waals surface area contributed by atoms with Crippen LogP contribution in [0.25, 0.3) is 5.69 Å². The van der Waals surface area contributed by atoms with Gasteiger partial charge in [0.05, 0.1) is 25.5 Å². The third-order valence-electron chi connectivity index (χ3n) is 4.07. The molecule has 1 amide bonds. The summed E-state index contributed by atoms with van der Waals surface area (Å²) in [6.45, 7) is 4.09. The molecule has 0 aliphatic rings. The van der Waals surface area contributed by atoms with Crippen LogP contribution in [0, 0.1) is 0 Å². The van der Waals surface area contributed by atoms with E-state index < -0.39 is 5.97 Å². The molecule has 0 fully saturated rings. The normalized spacial score (nSPS) is 10.4. The Balaban J connectivity index is 1.67. The third kappa shape index (κ3) is 5.11. The second kappa shape index (κ2) is 9.70. The highest BCUT2D eigenvalue weighted by Gasteiger charge is 2.22. The molecule has 0 spiro atoms. The first-order valence-corrected chi connectivity index (χ1v) is 9.77. The van der Waals surface area contributed by atoms with E-state index in [1.54, 1.807) is 28.5 Å². The van der Waals surface area contributed by atoms with Gasteiger partial charge in [0.25, 0.3) is 5.91 Å². The molecule has 0 aliphatic heterocycles. The summed E-state index contributed by atoms with van der Waals surface area (Å²) in [5, 5.41) is 6.19. The largest absolute Gasteiger partial charge is 0.493 e. The van der Waals surface area contributed by atoms with E-state index in [1.165, 1.54) is 11.8 Å². The first-order chi connectivity index (χ1) is 14.1. The molecule has 3 aromatic rings. The molecule has 7 nitrogen and oxygen atoms in total. The average Bonchev–Trinajstić information content (AvgIpc) is 3.42. The van der Waals surface area contributed by atoms with Crippen molar-refractivity contribution < 1.29 is 19.1 Å². The molecule has 0 unspecified atom stereocenters. The molecule has 8 heteroatoms. The van der Waals surface area contributed by atoms with Gasteiger partial charge in [0.2, 0.25) is 5.69 Å². The van der Waals surface area contributed by atoms with Crippen molar-refractivity contribution in [1.82, 2.24) is 14.7 Å². The van der Waals surface area contributed by atoms with Gasteiger partial charge in [0.1, 0.15) is 0 Å². The van der Waals surface area contributed by atoms with Crippen LogP contribution >= 0.6 is 11.3 Å². The number of nitrogens with zero attached hydrogens (tertiary/aromatic N) is 3. The summed E-state index contributed by atoms with van der Waals surface area (Å²) in [6.07, 6.45) is 3.23. The van der Waals surface area contributed by atoms with Crippen molar-refractivity contribution in [3.05, 3.63) is 77.3 Å². The fourth-order valence-corrected chi connectivity index (χ4v) is 3.37. The van der Waals surface area contributed by atoms with E-state index in [2.05, 4.69) is 11.7 Å². The average molecular weight is 411 g/mol. The van der Waals surface area contributed by atoms with Crippen LogP contribution in [0.4, 0.5) is 0 Å². The first-order valence-electron chi connectivity index (χ1n) is 8.89. The Morgan fingerprint density at radius 1 is 1.24 bits per heavy atom. The van der Waals surface area contributed by atoms with Crippen LogP contribution in [0.15, 0.2) is 66.7 Å². The summed E-state index contributed by atoms with van der Waals surface area (Å²) < 4.78 is 12.0. The quantitative estimate of drug-likeness (QED) is 0.399. The van der Waals surface area contributed by atoms with Gasteiger partial charge in [-0.2, -0.15) is 5.10 Å². The molecule has 150 valence electrons. The standard InChI is InChI=1S/C21H21N3O4S/c1-3-11-23(13-17-10-7-12-29-17)19(25)15-28-21(26)20-18(27-2)14-24(22-20)16-8-5-4-6-9-16/h3-10,12,14H,1,11,13,15H2,2H3. The lowest BCUT2D eigenvalue weighted by molar-refractivity contribution is -0.134. The molecule has 0 aliphatic carbocycles. The summed E-state index contributed by atoms with van der Waals surface area (Å²) in [4.78, 5) is 27.6. The molecule has 1 aromatic carbocycles. The molecule has 0 atom stereocenters. The number of esters is 1. The van der Waals surface area contributed by atoms with Gasteiger partial charge in [-0.15, -0.1) is 17.9 Å². The minimum atomic E-state index is -0.723. The van der Waals surface area contributed by atoms with Gasteiger partial charge in [0, 0.05) is 11.4 Å². The molecule has 2 heterocycles. The Hall–Kier alpha value is -3.39. The Labute approximate surface area is 172 Å². The Bertz CT molecular complexity index is 967. The highest BCUT2D eigenvalue weighted by Crippen LogP contribution is 2.20. The smallest absolute Gasteiger partial charge is 0.363 e. The fourth-order valence-electron chi connectivity index (χ4n) is 2.65. The van der Waals surface area contributed by atoms with E-state index in [9.17, 15) is 9.59 Å². The zero-order valence-corrected chi connectivity index (χ0v) is 16.8. The van der Waals surface area contributed by atoms with Crippen molar-refractivity contribution in [2.45, 2.75) is 6.54 Å². The summed E-state index contributed by atoms with van der Waals surface area (Å²) >= 11 is 1.56. The van der Waals surface area contributed by atoms with Gasteiger partial charge in [-0.05, 0) is 23.6 Å². The van der Waals surface area contributed by atoms with Crippen LogP contribution < -0.4 is 4.74 Å². The number of thiophene rings is 1. The number of ether oxygens (including phenoxy) is 2. The van der Waals surface area contributed by atoms with Crippen molar-refractivity contribution in [3.63, 3.8) is 0 Å². The molecule has 0 saturated carbocycles. The summed E-state index contributed by atoms with van der Waals surface area (Å²) in [5.41, 5.74) is 0.784. The monoisotopic (exact) mass is 411 g/mol. The zero-order valence-electron chi connectivity index (χ0n) is 16.0. The number of carbonyl (C=O) groups is 2. The van der Waals surface area contributed by atoms with Crippen molar-refractivity contribution in [3.8, 4) is 11.4 Å². The Kier molecular flexibility index (Phi) is 6.80. The van der Waals surface area contributed by atoms with Crippen molar-refractivity contribution in [1.29, 1.82) is 0 Å². The van der Waals surface area contributed by atoms with E-state index in [1.807, 2.05) is 47.8 Å². The van der Waals surface area contributed by atoms with Crippen molar-refractivity contribution >= 4 is 23.2 Å². The number of methoxy groups -OCH3 is 1. The van der Waals surface area contributed by atoms with Crippen LogP contribution in [0.5, 0.6) is 5.75 Å². The van der Waals surface area contributed by atoms with E-state index in [4.69, 9.17) is 9.47 Å². The lowest BCUT2D eigenvalue weighted by atomic mass is 10.3. The maximum atomic E-state index is 12.5. The van der Waals surface area contributed by atoms with Crippen LogP contribution in [0.2, 0.25) is 0 Å². The predicted octanol–water partition coefficient (Wildman–Crippen LogP) is 3.31. The molecular formula is C21H21N3O4S. The minimum Gasteiger partial charge on any atom is -0.493 e. The third-order valence-corrected chi connectivity index (χ3v) is 4.93. The van der Waals surface area contributed by atoms with Crippen LogP contribution in [-0.2, 0) is 16.1 Å². The molecule has 0 N–H and O–H groups in total. The number of hydrogen-bond donors (Lipinski definition) is 0. The summed E-state index contributed by atoms with van der Waals surface area (Å²) in [7, 11) is 1.45. The zero-order chi connectivity index (χ0) is 20.6. The molecule has 0 bridgehead atoms. The van der Waals surface area contributed by atoms with Gasteiger partial charge >= 0.3 is 5.97 Å². The number of amides is 1. The number of aromatic nitrogens is 2. The second-order valence-electron chi connectivity index (χ2n) is 6.04. The van der Waals surface area contributed by atoms with E-state index in [-0.39, 0.29) is 24.0 Å². The van der Waals surface area contributed by atoms with E-state index in [0.29, 0.717) is 13.1 Å². The summed E-state index contributed by atoms with van der Waals surface area (Å²) in [6, 6.07) is 13.2. The maximum absolute atomic E-state index is 12.5. The Morgan fingerprint density at radius 3 is 2.69 bits per heavy atom. The molecule has 0 saturated heterocycles. The number of rotatable bonds is 9. The SMILES string of the molecule is C=CCN(Cc1cccs1)C(=O)COC(=O)c1nn(-c2ccccc2)cc1OC. The highest BCUT2D eigenvalue weighted by molar-refractivity contribution is 7.09. The van der Waals surface area contributed by atoms with Crippen LogP contribution in [-0.4, -0.2) is 46.8 Å². The molecule has 0 radical (unpaired) electrons. The van der Waals surface area contributed by atoms with E-state index >= 15 is 0 Å². The predicted molar refractivity (Wildman–Crippen MR) is 110 cm³/mol. The molecule has 2 aromatic heterocycles. The molecule has 29 heavy (non-hydrogen) atoms.